The number of aromatic nitrogens is 3. The molecule has 1 N–H and O–H groups in total. The first-order chi connectivity index (χ1) is 18.6. The summed E-state index contributed by atoms with van der Waals surface area (Å²) < 4.78 is 19.6. The first kappa shape index (κ1) is 29.0. The smallest absolute Gasteiger partial charge is 0.410 e. The van der Waals surface area contributed by atoms with Crippen LogP contribution in [0.1, 0.15) is 76.1 Å². The van der Waals surface area contributed by atoms with Crippen LogP contribution in [0.4, 0.5) is 20.8 Å². The summed E-state index contributed by atoms with van der Waals surface area (Å²) in [6.45, 7) is 8.64. The Bertz CT molecular complexity index is 1140. The average molecular weight is 561 g/mol. The summed E-state index contributed by atoms with van der Waals surface area (Å²) in [4.78, 5) is 41.1. The molecule has 0 saturated carbocycles. The van der Waals surface area contributed by atoms with Gasteiger partial charge in [0.05, 0.1) is 18.0 Å². The van der Waals surface area contributed by atoms with Crippen molar-refractivity contribution >= 4 is 35.2 Å². The van der Waals surface area contributed by atoms with E-state index >= 15 is 0 Å². The van der Waals surface area contributed by atoms with Gasteiger partial charge in [0.2, 0.25) is 5.95 Å². The Morgan fingerprint density at radius 1 is 1.03 bits per heavy atom. The topological polar surface area (TPSA) is 101 Å². The molecule has 0 aromatic carbocycles. The number of hydrogen-bond acceptors (Lipinski definition) is 7. The third kappa shape index (κ3) is 8.49. The van der Waals surface area contributed by atoms with Crippen molar-refractivity contribution < 1.29 is 18.7 Å². The molecule has 2 aliphatic rings. The lowest BCUT2D eigenvalue weighted by Crippen LogP contribution is -2.41. The zero-order valence-corrected chi connectivity index (χ0v) is 23.7. The zero-order valence-electron chi connectivity index (χ0n) is 23.0. The number of amides is 2. The summed E-state index contributed by atoms with van der Waals surface area (Å²) in [5.41, 5.74) is -0.177. The molecule has 0 spiro atoms. The van der Waals surface area contributed by atoms with Crippen LogP contribution in [0.5, 0.6) is 0 Å². The summed E-state index contributed by atoms with van der Waals surface area (Å²) in [6, 6.07) is 2.64. The van der Waals surface area contributed by atoms with Crippen molar-refractivity contribution in [3.8, 4) is 0 Å². The van der Waals surface area contributed by atoms with E-state index in [0.29, 0.717) is 30.7 Å². The summed E-state index contributed by atoms with van der Waals surface area (Å²) in [5.74, 6) is 0.744. The molecule has 2 amide bonds. The lowest BCUT2D eigenvalue weighted by Gasteiger charge is -2.35. The van der Waals surface area contributed by atoms with Crippen LogP contribution in [0.25, 0.3) is 0 Å². The Morgan fingerprint density at radius 2 is 1.67 bits per heavy atom. The largest absolute Gasteiger partial charge is 0.444 e. The van der Waals surface area contributed by atoms with Gasteiger partial charge >= 0.3 is 6.09 Å². The number of hydrogen-bond donors (Lipinski definition) is 1. The van der Waals surface area contributed by atoms with E-state index in [1.807, 2.05) is 30.6 Å². The van der Waals surface area contributed by atoms with Crippen molar-refractivity contribution in [2.24, 2.45) is 11.8 Å². The fraction of sp³-hybridized carbons (Fsp3) is 0.607. The van der Waals surface area contributed by atoms with Crippen LogP contribution in [-0.4, -0.2) is 63.6 Å². The molecule has 2 fully saturated rings. The van der Waals surface area contributed by atoms with Crippen LogP contribution in [0.2, 0.25) is 5.15 Å². The highest BCUT2D eigenvalue weighted by molar-refractivity contribution is 6.29. The number of nitrogens with one attached hydrogen (secondary N) is 1. The van der Waals surface area contributed by atoms with Crippen LogP contribution < -0.4 is 10.2 Å². The van der Waals surface area contributed by atoms with E-state index in [2.05, 4.69) is 20.3 Å². The summed E-state index contributed by atoms with van der Waals surface area (Å²) >= 11 is 5.86. The van der Waals surface area contributed by atoms with Crippen LogP contribution in [-0.2, 0) is 4.74 Å². The molecule has 2 aliphatic heterocycles. The molecule has 0 aliphatic carbocycles. The maximum absolute atomic E-state index is 14.1. The lowest BCUT2D eigenvalue weighted by atomic mass is 9.87. The van der Waals surface area contributed by atoms with E-state index < -0.39 is 17.5 Å². The zero-order chi connectivity index (χ0) is 28.0. The van der Waals surface area contributed by atoms with Gasteiger partial charge in [0.25, 0.3) is 5.91 Å². The van der Waals surface area contributed by atoms with Gasteiger partial charge in [-0.2, -0.15) is 4.39 Å². The normalized spacial score (nSPS) is 17.3. The van der Waals surface area contributed by atoms with Crippen molar-refractivity contribution in [2.75, 3.05) is 36.4 Å². The van der Waals surface area contributed by atoms with E-state index in [4.69, 9.17) is 16.3 Å². The number of likely N-dealkylation sites (tertiary alicyclic amines) is 1. The summed E-state index contributed by atoms with van der Waals surface area (Å²) in [7, 11) is 0. The molecule has 9 nitrogen and oxygen atoms in total. The SMILES string of the molecule is CC(C)(C)OC(=O)N1CCC(CCCC2CCN(c3nc(F)ccc3C(=O)Nc3cncc(Cl)n3)CC2)CC1. The van der Waals surface area contributed by atoms with Gasteiger partial charge in [-0.05, 0) is 70.4 Å². The number of carbonyl (C=O) groups is 2. The minimum absolute atomic E-state index is 0.165. The van der Waals surface area contributed by atoms with Gasteiger partial charge in [-0.15, -0.1) is 0 Å². The molecule has 39 heavy (non-hydrogen) atoms. The molecule has 212 valence electrons. The summed E-state index contributed by atoms with van der Waals surface area (Å²) in [5, 5.41) is 2.84. The van der Waals surface area contributed by atoms with E-state index in [0.717, 1.165) is 51.6 Å². The molecule has 0 unspecified atom stereocenters. The number of anilines is 2. The standard InChI is InChI=1S/C28H38ClFN6O3/c1-28(2,3)39-27(38)36-15-11-20(12-16-36)6-4-5-19-9-13-35(14-10-19)25-21(7-8-23(30)33-25)26(37)34-24-18-31-17-22(29)32-24/h7-8,17-20H,4-6,9-16H2,1-3H3,(H,32,34,37). The van der Waals surface area contributed by atoms with Gasteiger partial charge in [0, 0.05) is 26.2 Å². The maximum atomic E-state index is 14.1. The number of carbonyl (C=O) groups excluding carboxylic acids is 2. The van der Waals surface area contributed by atoms with Gasteiger partial charge in [0.1, 0.15) is 16.6 Å². The number of ether oxygens (including phenoxy) is 1. The number of halogens is 2. The molecule has 2 aromatic heterocycles. The minimum Gasteiger partial charge on any atom is -0.444 e. The van der Waals surface area contributed by atoms with Gasteiger partial charge in [-0.25, -0.2) is 14.8 Å². The van der Waals surface area contributed by atoms with Gasteiger partial charge in [0.15, 0.2) is 5.82 Å². The number of piperidine rings is 2. The second kappa shape index (κ2) is 12.9. The quantitative estimate of drug-likeness (QED) is 0.417. The second-order valence-corrected chi connectivity index (χ2v) is 11.8. The average Bonchev–Trinajstić information content (AvgIpc) is 2.88. The van der Waals surface area contributed by atoms with Gasteiger partial charge in [-0.1, -0.05) is 30.9 Å². The maximum Gasteiger partial charge on any atom is 0.410 e. The molecule has 0 radical (unpaired) electrons. The Morgan fingerprint density at radius 3 is 2.28 bits per heavy atom. The van der Waals surface area contributed by atoms with Crippen molar-refractivity contribution in [1.82, 2.24) is 19.9 Å². The highest BCUT2D eigenvalue weighted by Gasteiger charge is 2.28. The molecule has 2 saturated heterocycles. The Hall–Kier alpha value is -3.01. The van der Waals surface area contributed by atoms with E-state index in [9.17, 15) is 14.0 Å². The fourth-order valence-electron chi connectivity index (χ4n) is 5.29. The number of pyridine rings is 1. The number of rotatable bonds is 7. The number of nitrogens with zero attached hydrogens (tertiary/aromatic N) is 5. The molecule has 4 rings (SSSR count). The Balaban J connectivity index is 1.22. The van der Waals surface area contributed by atoms with Crippen molar-refractivity contribution in [2.45, 2.75) is 71.3 Å². The monoisotopic (exact) mass is 560 g/mol. The van der Waals surface area contributed by atoms with Crippen LogP contribution in [0.15, 0.2) is 24.5 Å². The molecular formula is C28H38ClFN6O3. The first-order valence-corrected chi connectivity index (χ1v) is 14.1. The van der Waals surface area contributed by atoms with E-state index in [-0.39, 0.29) is 22.6 Å². The summed E-state index contributed by atoms with van der Waals surface area (Å²) in [6.07, 6.45) is 10.0. The highest BCUT2D eigenvalue weighted by Crippen LogP contribution is 2.30. The van der Waals surface area contributed by atoms with E-state index in [1.165, 1.54) is 30.9 Å². The first-order valence-electron chi connectivity index (χ1n) is 13.8. The predicted molar refractivity (Wildman–Crippen MR) is 149 cm³/mol. The van der Waals surface area contributed by atoms with Gasteiger partial charge in [-0.3, -0.25) is 9.78 Å². The minimum atomic E-state index is -0.621. The molecule has 0 atom stereocenters. The van der Waals surface area contributed by atoms with Crippen molar-refractivity contribution in [1.29, 1.82) is 0 Å². The van der Waals surface area contributed by atoms with Gasteiger partial charge < -0.3 is 19.9 Å². The van der Waals surface area contributed by atoms with Crippen molar-refractivity contribution in [3.05, 3.63) is 41.2 Å². The third-order valence-corrected chi connectivity index (χ3v) is 7.52. The Labute approximate surface area is 234 Å². The van der Waals surface area contributed by atoms with Crippen molar-refractivity contribution in [3.63, 3.8) is 0 Å². The fourth-order valence-corrected chi connectivity index (χ4v) is 5.44. The molecule has 4 heterocycles. The lowest BCUT2D eigenvalue weighted by molar-refractivity contribution is 0.0180. The van der Waals surface area contributed by atoms with Crippen LogP contribution in [0, 0.1) is 17.8 Å². The molecule has 2 aromatic rings. The van der Waals surface area contributed by atoms with Crippen LogP contribution in [0.3, 0.4) is 0 Å². The molecule has 11 heteroatoms. The second-order valence-electron chi connectivity index (χ2n) is 11.5. The molecule has 0 bridgehead atoms. The molecular weight excluding hydrogens is 523 g/mol. The Kier molecular flexibility index (Phi) is 9.58. The predicted octanol–water partition coefficient (Wildman–Crippen LogP) is 5.95. The van der Waals surface area contributed by atoms with E-state index in [1.54, 1.807) is 0 Å². The highest BCUT2D eigenvalue weighted by atomic mass is 35.5. The van der Waals surface area contributed by atoms with Crippen LogP contribution >= 0.6 is 11.6 Å². The third-order valence-electron chi connectivity index (χ3n) is 7.34.